The summed E-state index contributed by atoms with van der Waals surface area (Å²) in [4.78, 5) is 10.5. The van der Waals surface area contributed by atoms with Gasteiger partial charge in [0, 0.05) is 6.42 Å². The molecule has 0 saturated heterocycles. The minimum Gasteiger partial charge on any atom is -0.435 e. The molecule has 0 aromatic carbocycles. The monoisotopic (exact) mass is 128 g/mol. The zero-order valence-corrected chi connectivity index (χ0v) is 5.72. The van der Waals surface area contributed by atoms with Crippen molar-refractivity contribution >= 4 is 5.97 Å². The molecule has 0 radical (unpaired) electrons. The maximum atomic E-state index is 10.5. The van der Waals surface area contributed by atoms with Crippen molar-refractivity contribution in [3.63, 3.8) is 0 Å². The molecule has 9 heavy (non-hydrogen) atoms. The molecular formula is C7H12O2. The molecule has 0 aliphatic rings. The van der Waals surface area contributed by atoms with Crippen LogP contribution in [0.4, 0.5) is 0 Å². The normalized spacial score (nSPS) is 8.56. The molecule has 0 aliphatic heterocycles. The van der Waals surface area contributed by atoms with E-state index >= 15 is 0 Å². The van der Waals surface area contributed by atoms with E-state index in [9.17, 15) is 4.79 Å². The average molecular weight is 128 g/mol. The van der Waals surface area contributed by atoms with Gasteiger partial charge < -0.3 is 4.74 Å². The number of esters is 1. The van der Waals surface area contributed by atoms with Crippen LogP contribution in [0.3, 0.4) is 0 Å². The van der Waals surface area contributed by atoms with Crippen LogP contribution in [0.5, 0.6) is 0 Å². The van der Waals surface area contributed by atoms with E-state index in [0.29, 0.717) is 6.42 Å². The third-order valence-electron chi connectivity index (χ3n) is 0.949. The standard InChI is InChI=1S/C7H12O2/c1-3-5-6-7(8)9-4-2/h4H,2-3,5-6H2,1H3. The topological polar surface area (TPSA) is 26.3 Å². The first-order valence-electron chi connectivity index (χ1n) is 3.11. The molecule has 0 fully saturated rings. The van der Waals surface area contributed by atoms with Gasteiger partial charge in [-0.05, 0) is 6.42 Å². The van der Waals surface area contributed by atoms with Crippen LogP contribution in [-0.2, 0) is 9.53 Å². The van der Waals surface area contributed by atoms with Gasteiger partial charge in [0.2, 0.25) is 0 Å². The number of hydrogen-bond acceptors (Lipinski definition) is 2. The number of carbonyl (C=O) groups excluding carboxylic acids is 1. The molecule has 0 spiro atoms. The summed E-state index contributed by atoms with van der Waals surface area (Å²) in [6.07, 6.45) is 3.58. The predicted octanol–water partition coefficient (Wildman–Crippen LogP) is 1.86. The van der Waals surface area contributed by atoms with Crippen LogP contribution in [0.25, 0.3) is 0 Å². The first-order valence-corrected chi connectivity index (χ1v) is 3.11. The van der Waals surface area contributed by atoms with Crippen molar-refractivity contribution in [3.05, 3.63) is 12.8 Å². The van der Waals surface area contributed by atoms with E-state index in [2.05, 4.69) is 11.3 Å². The van der Waals surface area contributed by atoms with Gasteiger partial charge >= 0.3 is 5.97 Å². The second kappa shape index (κ2) is 5.35. The second-order valence-electron chi connectivity index (χ2n) is 1.76. The SMILES string of the molecule is C=COC(=O)CCCC. The zero-order valence-electron chi connectivity index (χ0n) is 5.72. The van der Waals surface area contributed by atoms with E-state index in [-0.39, 0.29) is 5.97 Å². The molecule has 2 nitrogen and oxygen atoms in total. The molecule has 0 bridgehead atoms. The molecule has 0 rings (SSSR count). The zero-order chi connectivity index (χ0) is 7.11. The van der Waals surface area contributed by atoms with Gasteiger partial charge in [0.15, 0.2) is 0 Å². The molecule has 52 valence electrons. The fourth-order valence-corrected chi connectivity index (χ4v) is 0.473. The maximum absolute atomic E-state index is 10.5. The van der Waals surface area contributed by atoms with Crippen LogP contribution >= 0.6 is 0 Å². The van der Waals surface area contributed by atoms with Crippen molar-refractivity contribution in [2.24, 2.45) is 0 Å². The Bertz CT molecular complexity index is 97.1. The first-order chi connectivity index (χ1) is 4.31. The van der Waals surface area contributed by atoms with Gasteiger partial charge in [0.25, 0.3) is 0 Å². The maximum Gasteiger partial charge on any atom is 0.310 e. The Morgan fingerprint density at radius 3 is 2.89 bits per heavy atom. The summed E-state index contributed by atoms with van der Waals surface area (Å²) in [5.74, 6) is -0.188. The number of hydrogen-bond donors (Lipinski definition) is 0. The lowest BCUT2D eigenvalue weighted by Crippen LogP contribution is -1.97. The van der Waals surface area contributed by atoms with Crippen molar-refractivity contribution in [2.75, 3.05) is 0 Å². The summed E-state index contributed by atoms with van der Waals surface area (Å²) in [6.45, 7) is 5.29. The van der Waals surface area contributed by atoms with Crippen molar-refractivity contribution in [2.45, 2.75) is 26.2 Å². The summed E-state index contributed by atoms with van der Waals surface area (Å²) in [7, 11) is 0. The summed E-state index contributed by atoms with van der Waals surface area (Å²) in [5, 5.41) is 0. The minimum atomic E-state index is -0.188. The van der Waals surface area contributed by atoms with Gasteiger partial charge in [-0.2, -0.15) is 0 Å². The molecule has 0 N–H and O–H groups in total. The molecule has 0 atom stereocenters. The van der Waals surface area contributed by atoms with Crippen LogP contribution in [0.15, 0.2) is 12.8 Å². The van der Waals surface area contributed by atoms with Gasteiger partial charge in [0.05, 0.1) is 6.26 Å². The van der Waals surface area contributed by atoms with Crippen LogP contribution in [0.1, 0.15) is 26.2 Å². The molecule has 0 heterocycles. The van der Waals surface area contributed by atoms with E-state index in [1.165, 1.54) is 0 Å². The highest BCUT2D eigenvalue weighted by molar-refractivity contribution is 5.69. The highest BCUT2D eigenvalue weighted by Crippen LogP contribution is 1.95. The smallest absolute Gasteiger partial charge is 0.310 e. The Balaban J connectivity index is 3.16. The fourth-order valence-electron chi connectivity index (χ4n) is 0.473. The van der Waals surface area contributed by atoms with Crippen molar-refractivity contribution in [3.8, 4) is 0 Å². The predicted molar refractivity (Wildman–Crippen MR) is 35.8 cm³/mol. The quantitative estimate of drug-likeness (QED) is 0.426. The average Bonchev–Trinajstić information content (AvgIpc) is 1.85. The van der Waals surface area contributed by atoms with Crippen LogP contribution < -0.4 is 0 Å². The van der Waals surface area contributed by atoms with Gasteiger partial charge in [0.1, 0.15) is 0 Å². The third-order valence-corrected chi connectivity index (χ3v) is 0.949. The molecule has 0 aromatic heterocycles. The Kier molecular flexibility index (Phi) is 4.88. The minimum absolute atomic E-state index is 0.188. The Morgan fingerprint density at radius 2 is 2.44 bits per heavy atom. The second-order valence-corrected chi connectivity index (χ2v) is 1.76. The van der Waals surface area contributed by atoms with Crippen LogP contribution in [0, 0.1) is 0 Å². The molecule has 0 saturated carbocycles. The number of ether oxygens (including phenoxy) is 1. The van der Waals surface area contributed by atoms with Gasteiger partial charge in [-0.15, -0.1) is 0 Å². The lowest BCUT2D eigenvalue weighted by molar-refractivity contribution is -0.138. The lowest BCUT2D eigenvalue weighted by atomic mass is 10.3. The summed E-state index contributed by atoms with van der Waals surface area (Å²) >= 11 is 0. The molecule has 2 heteroatoms. The van der Waals surface area contributed by atoms with Crippen molar-refractivity contribution < 1.29 is 9.53 Å². The van der Waals surface area contributed by atoms with E-state index in [4.69, 9.17) is 0 Å². The summed E-state index contributed by atoms with van der Waals surface area (Å²) < 4.78 is 4.47. The highest BCUT2D eigenvalue weighted by atomic mass is 16.5. The third kappa shape index (κ3) is 5.07. The molecule has 0 aliphatic carbocycles. The first kappa shape index (κ1) is 8.21. The fraction of sp³-hybridized carbons (Fsp3) is 0.571. The molecule has 0 aromatic rings. The van der Waals surface area contributed by atoms with Crippen molar-refractivity contribution in [1.82, 2.24) is 0 Å². The number of rotatable bonds is 4. The van der Waals surface area contributed by atoms with Gasteiger partial charge in [-0.1, -0.05) is 19.9 Å². The molecule has 0 amide bonds. The van der Waals surface area contributed by atoms with Crippen LogP contribution in [0.2, 0.25) is 0 Å². The largest absolute Gasteiger partial charge is 0.435 e. The summed E-state index contributed by atoms with van der Waals surface area (Å²) in [5.41, 5.74) is 0. The Morgan fingerprint density at radius 1 is 1.78 bits per heavy atom. The van der Waals surface area contributed by atoms with Crippen molar-refractivity contribution in [1.29, 1.82) is 0 Å². The Hall–Kier alpha value is -0.790. The lowest BCUT2D eigenvalue weighted by Gasteiger charge is -1.94. The van der Waals surface area contributed by atoms with E-state index < -0.39 is 0 Å². The van der Waals surface area contributed by atoms with Gasteiger partial charge in [-0.25, -0.2) is 0 Å². The Labute approximate surface area is 55.5 Å². The molecular weight excluding hydrogens is 116 g/mol. The highest BCUT2D eigenvalue weighted by Gasteiger charge is 1.96. The van der Waals surface area contributed by atoms with Gasteiger partial charge in [-0.3, -0.25) is 4.79 Å². The van der Waals surface area contributed by atoms with E-state index in [1.807, 2.05) is 6.92 Å². The van der Waals surface area contributed by atoms with E-state index in [1.54, 1.807) is 0 Å². The van der Waals surface area contributed by atoms with E-state index in [0.717, 1.165) is 19.1 Å². The molecule has 0 unspecified atom stereocenters. The number of carbonyl (C=O) groups is 1. The number of unbranched alkanes of at least 4 members (excludes halogenated alkanes) is 1. The summed E-state index contributed by atoms with van der Waals surface area (Å²) in [6, 6.07) is 0. The van der Waals surface area contributed by atoms with Crippen LogP contribution in [-0.4, -0.2) is 5.97 Å².